The van der Waals surface area contributed by atoms with Gasteiger partial charge in [-0.05, 0) is 112 Å². The molecule has 249 valence electrons. The van der Waals surface area contributed by atoms with E-state index in [0.717, 1.165) is 48.4 Å². The zero-order chi connectivity index (χ0) is 29.6. The topological polar surface area (TPSA) is 37.6 Å². The smallest absolute Gasteiger partial charge is 0.0823 e. The Kier molecular flexibility index (Phi) is 24.8. The van der Waals surface area contributed by atoms with Gasteiger partial charge in [-0.1, -0.05) is 88.8 Å². The molecule has 0 spiro atoms. The molecule has 3 aromatic rings. The summed E-state index contributed by atoms with van der Waals surface area (Å²) in [4.78, 5) is 15.2. The molecule has 0 saturated heterocycles. The summed E-state index contributed by atoms with van der Waals surface area (Å²) in [6.07, 6.45) is 17.7. The first-order valence-corrected chi connectivity index (χ1v) is 16.2. The normalized spacial score (nSPS) is 10.7. The quantitative estimate of drug-likeness (QED) is 0.210. The molecule has 1 aromatic heterocycles. The van der Waals surface area contributed by atoms with Gasteiger partial charge in [0.15, 0.2) is 0 Å². The Morgan fingerprint density at radius 3 is 1.02 bits per heavy atom. The molecule has 0 atom stereocenters. The summed E-state index contributed by atoms with van der Waals surface area (Å²) in [5.41, 5.74) is 13.4. The zero-order valence-corrected chi connectivity index (χ0v) is 32.2. The van der Waals surface area contributed by atoms with Crippen molar-refractivity contribution < 1.29 is 55.8 Å². The van der Waals surface area contributed by atoms with Gasteiger partial charge in [-0.2, -0.15) is 0 Å². The molecule has 0 aliphatic rings. The van der Waals surface area contributed by atoms with Crippen molar-refractivity contribution in [1.82, 2.24) is 4.98 Å². The molecule has 2 aromatic carbocycles. The van der Waals surface area contributed by atoms with Gasteiger partial charge in [0.05, 0.1) is 35.2 Å². The van der Waals surface area contributed by atoms with Gasteiger partial charge in [0.2, 0.25) is 0 Å². The molecule has 0 saturated carbocycles. The Balaban J connectivity index is 0. The fraction of sp³-hybridized carbons (Fsp3) is 0.500. The number of aliphatic imine (C=N–C) groups is 2. The molecule has 0 fully saturated rings. The van der Waals surface area contributed by atoms with Crippen LogP contribution in [0, 0.1) is 20.8 Å². The minimum absolute atomic E-state index is 0. The van der Waals surface area contributed by atoms with E-state index in [-0.39, 0.29) is 55.8 Å². The number of benzene rings is 2. The minimum Gasteiger partial charge on any atom is -1.00 e. The van der Waals surface area contributed by atoms with Crippen LogP contribution in [0.1, 0.15) is 129 Å². The Morgan fingerprint density at radius 1 is 0.489 bits per heavy atom. The summed E-state index contributed by atoms with van der Waals surface area (Å²) in [6, 6.07) is 13.6. The van der Waals surface area contributed by atoms with Crippen LogP contribution in [0.5, 0.6) is 0 Å². The summed E-state index contributed by atoms with van der Waals surface area (Å²) in [7, 11) is 0. The predicted octanol–water partition coefficient (Wildman–Crippen LogP) is 1.89. The van der Waals surface area contributed by atoms with Gasteiger partial charge in [0, 0.05) is 18.6 Å². The number of unbranched alkanes of at least 4 members (excludes halogenated alkanes) is 4. The molecule has 1 radical (unpaired) electrons. The summed E-state index contributed by atoms with van der Waals surface area (Å²) in [6.45, 7) is 15.6. The first-order chi connectivity index (χ1) is 19.9. The standard InChI is InChI=1S/C38H53N3.3ClH.V/c1-8-12-16-31-20-28(5)21-32(17-13-9-2)37(31)39-26-35-24-30(7)25-36(41-35)27-40-38-33(18-14-10-3)22-29(6)23-34(38)19-15-11-4;;;;/h20-27H,8-19H2,1-7H3;3*1H;/p-3. The largest absolute Gasteiger partial charge is 1.00 e. The van der Waals surface area contributed by atoms with Crippen molar-refractivity contribution in [2.75, 3.05) is 0 Å². The Labute approximate surface area is 305 Å². The fourth-order valence-corrected chi connectivity index (χ4v) is 5.55. The molecule has 0 aliphatic heterocycles. The number of halogens is 3. The van der Waals surface area contributed by atoms with Gasteiger partial charge in [0.25, 0.3) is 0 Å². The number of pyridine rings is 1. The molecule has 0 bridgehead atoms. The average Bonchev–Trinajstić information content (AvgIpc) is 2.95. The van der Waals surface area contributed by atoms with E-state index in [1.54, 1.807) is 0 Å². The van der Waals surface area contributed by atoms with Crippen LogP contribution >= 0.6 is 0 Å². The van der Waals surface area contributed by atoms with E-state index in [0.29, 0.717) is 0 Å². The fourth-order valence-electron chi connectivity index (χ4n) is 5.55. The monoisotopic (exact) mass is 707 g/mol. The van der Waals surface area contributed by atoms with Crippen molar-refractivity contribution in [3.63, 3.8) is 0 Å². The Morgan fingerprint density at radius 2 is 0.756 bits per heavy atom. The van der Waals surface area contributed by atoms with E-state index < -0.39 is 0 Å². The number of aromatic nitrogens is 1. The molecular weight excluding hydrogens is 656 g/mol. The van der Waals surface area contributed by atoms with E-state index in [1.165, 1.54) is 90.3 Å². The van der Waals surface area contributed by atoms with E-state index in [1.807, 2.05) is 12.4 Å². The average molecular weight is 709 g/mol. The first-order valence-electron chi connectivity index (χ1n) is 16.2. The van der Waals surface area contributed by atoms with E-state index in [2.05, 4.69) is 84.9 Å². The maximum absolute atomic E-state index is 5.10. The maximum Gasteiger partial charge on any atom is 0.0823 e. The van der Waals surface area contributed by atoms with Crippen LogP contribution in [0.3, 0.4) is 0 Å². The van der Waals surface area contributed by atoms with E-state index >= 15 is 0 Å². The molecule has 1 heterocycles. The Hall–Kier alpha value is -1.62. The van der Waals surface area contributed by atoms with E-state index in [4.69, 9.17) is 15.0 Å². The number of rotatable bonds is 16. The van der Waals surface area contributed by atoms with Crippen LogP contribution < -0.4 is 37.2 Å². The van der Waals surface area contributed by atoms with Crippen molar-refractivity contribution in [2.24, 2.45) is 9.98 Å². The summed E-state index contributed by atoms with van der Waals surface area (Å²) in [5.74, 6) is 0. The van der Waals surface area contributed by atoms with Crippen molar-refractivity contribution in [3.8, 4) is 0 Å². The molecule has 0 unspecified atom stereocenters. The molecule has 3 rings (SSSR count). The van der Waals surface area contributed by atoms with Crippen LogP contribution in [-0.4, -0.2) is 17.4 Å². The van der Waals surface area contributed by atoms with Crippen molar-refractivity contribution in [2.45, 2.75) is 126 Å². The molecular formula is C38H53Cl3N3V-3. The van der Waals surface area contributed by atoms with Gasteiger partial charge in [-0.25, -0.2) is 4.98 Å². The molecule has 0 amide bonds. The maximum atomic E-state index is 5.10. The minimum atomic E-state index is 0. The number of nitrogens with zero attached hydrogens (tertiary/aromatic N) is 3. The van der Waals surface area contributed by atoms with Crippen molar-refractivity contribution in [3.05, 3.63) is 86.7 Å². The van der Waals surface area contributed by atoms with Crippen LogP contribution in [0.2, 0.25) is 0 Å². The molecule has 7 heteroatoms. The van der Waals surface area contributed by atoms with Gasteiger partial charge < -0.3 is 37.2 Å². The van der Waals surface area contributed by atoms with Gasteiger partial charge in [0.1, 0.15) is 0 Å². The summed E-state index contributed by atoms with van der Waals surface area (Å²) >= 11 is 0. The number of aryl methyl sites for hydroxylation is 7. The third kappa shape index (κ3) is 14.8. The molecule has 45 heavy (non-hydrogen) atoms. The second-order valence-corrected chi connectivity index (χ2v) is 11.8. The SMILES string of the molecule is CCCCc1cc(C)cc(CCCC)c1N=Cc1cc(C)cc(C=Nc2c(CCCC)cc(C)cc2CCCC)n1.[Cl-].[Cl-].[Cl-].[V]. The molecule has 0 aliphatic carbocycles. The second kappa shape index (κ2) is 24.5. The van der Waals surface area contributed by atoms with Gasteiger partial charge in [-0.3, -0.25) is 9.98 Å². The number of hydrogen-bond acceptors (Lipinski definition) is 3. The third-order valence-electron chi connectivity index (χ3n) is 7.68. The van der Waals surface area contributed by atoms with Gasteiger partial charge in [-0.15, -0.1) is 0 Å². The van der Waals surface area contributed by atoms with E-state index in [9.17, 15) is 0 Å². The van der Waals surface area contributed by atoms with Crippen LogP contribution in [0.4, 0.5) is 11.4 Å². The third-order valence-corrected chi connectivity index (χ3v) is 7.68. The molecule has 0 N–H and O–H groups in total. The van der Waals surface area contributed by atoms with Crippen molar-refractivity contribution in [1.29, 1.82) is 0 Å². The van der Waals surface area contributed by atoms with Gasteiger partial charge >= 0.3 is 0 Å². The molecule has 3 nitrogen and oxygen atoms in total. The summed E-state index contributed by atoms with van der Waals surface area (Å²) in [5, 5.41) is 0. The zero-order valence-electron chi connectivity index (χ0n) is 28.5. The van der Waals surface area contributed by atoms with Crippen molar-refractivity contribution >= 4 is 23.8 Å². The number of hydrogen-bond donors (Lipinski definition) is 0. The summed E-state index contributed by atoms with van der Waals surface area (Å²) < 4.78 is 0. The van der Waals surface area contributed by atoms with Crippen LogP contribution in [-0.2, 0) is 44.2 Å². The van der Waals surface area contributed by atoms with Crippen LogP contribution in [0.15, 0.2) is 46.4 Å². The second-order valence-electron chi connectivity index (χ2n) is 11.8. The first kappa shape index (κ1) is 45.5. The van der Waals surface area contributed by atoms with Crippen LogP contribution in [0.25, 0.3) is 0 Å². The predicted molar refractivity (Wildman–Crippen MR) is 180 cm³/mol. The Bertz CT molecular complexity index is 1180.